The molecule has 1 saturated heterocycles. The molecule has 0 saturated carbocycles. The highest BCUT2D eigenvalue weighted by molar-refractivity contribution is 14.0. The maximum atomic E-state index is 4.93. The molecule has 2 heterocycles. The van der Waals surface area contributed by atoms with Gasteiger partial charge >= 0.3 is 0 Å². The third-order valence-electron chi connectivity index (χ3n) is 4.89. The van der Waals surface area contributed by atoms with Gasteiger partial charge in [0.1, 0.15) is 0 Å². The summed E-state index contributed by atoms with van der Waals surface area (Å²) in [6.45, 7) is 7.24. The number of fused-ring (bicyclic) bond motifs is 1. The van der Waals surface area contributed by atoms with Gasteiger partial charge in [-0.3, -0.25) is 4.99 Å². The van der Waals surface area contributed by atoms with Gasteiger partial charge in [-0.2, -0.15) is 0 Å². The number of rotatable bonds is 3. The van der Waals surface area contributed by atoms with E-state index in [1.165, 1.54) is 30.5 Å². The summed E-state index contributed by atoms with van der Waals surface area (Å²) in [6, 6.07) is 9.40. The first-order valence-electron chi connectivity index (χ1n) is 8.58. The number of hydrogen-bond acceptors (Lipinski definition) is 2. The molecule has 0 bridgehead atoms. The molecule has 1 aromatic rings. The van der Waals surface area contributed by atoms with E-state index in [1.54, 1.807) is 0 Å². The van der Waals surface area contributed by atoms with Crippen LogP contribution in [-0.4, -0.2) is 55.0 Å². The van der Waals surface area contributed by atoms with E-state index < -0.39 is 0 Å². The predicted octanol–water partition coefficient (Wildman–Crippen LogP) is 2.72. The number of likely N-dealkylation sites (tertiary alicyclic amines) is 1. The quantitative estimate of drug-likeness (QED) is 0.457. The molecule has 128 valence electrons. The molecule has 0 amide bonds. The van der Waals surface area contributed by atoms with E-state index in [4.69, 9.17) is 4.99 Å². The predicted molar refractivity (Wildman–Crippen MR) is 108 cm³/mol. The Bertz CT molecular complexity index is 532. The highest BCUT2D eigenvalue weighted by Crippen LogP contribution is 2.19. The SMILES string of the molecule is CCNC(=NCC1CCCN1C)N1CCc2ccccc2C1.I. The molecule has 0 aliphatic carbocycles. The Morgan fingerprint density at radius 1 is 1.26 bits per heavy atom. The van der Waals surface area contributed by atoms with Gasteiger partial charge in [0.25, 0.3) is 0 Å². The normalized spacial score (nSPS) is 21.7. The molecule has 1 fully saturated rings. The zero-order chi connectivity index (χ0) is 15.4. The van der Waals surface area contributed by atoms with Gasteiger partial charge in [0.15, 0.2) is 5.96 Å². The summed E-state index contributed by atoms with van der Waals surface area (Å²) in [6.07, 6.45) is 3.70. The lowest BCUT2D eigenvalue weighted by atomic mass is 10.0. The average Bonchev–Trinajstić information content (AvgIpc) is 2.96. The van der Waals surface area contributed by atoms with Gasteiger partial charge in [0.05, 0.1) is 6.54 Å². The lowest BCUT2D eigenvalue weighted by Crippen LogP contribution is -2.44. The van der Waals surface area contributed by atoms with Crippen molar-refractivity contribution in [3.63, 3.8) is 0 Å². The van der Waals surface area contributed by atoms with Crippen LogP contribution in [-0.2, 0) is 13.0 Å². The van der Waals surface area contributed by atoms with Crippen LogP contribution in [0.15, 0.2) is 29.3 Å². The Balaban J connectivity index is 0.00000192. The Morgan fingerprint density at radius 2 is 2.04 bits per heavy atom. The Morgan fingerprint density at radius 3 is 2.74 bits per heavy atom. The van der Waals surface area contributed by atoms with Gasteiger partial charge in [0.2, 0.25) is 0 Å². The van der Waals surface area contributed by atoms with E-state index in [1.807, 2.05) is 0 Å². The second kappa shape index (κ2) is 8.87. The molecule has 0 radical (unpaired) electrons. The summed E-state index contributed by atoms with van der Waals surface area (Å²) in [4.78, 5) is 9.78. The molecular weight excluding hydrogens is 399 g/mol. The Hall–Kier alpha value is -0.820. The fourth-order valence-corrected chi connectivity index (χ4v) is 3.50. The molecule has 0 spiro atoms. The van der Waals surface area contributed by atoms with Crippen molar-refractivity contribution in [1.82, 2.24) is 15.1 Å². The van der Waals surface area contributed by atoms with Crippen molar-refractivity contribution in [3.05, 3.63) is 35.4 Å². The van der Waals surface area contributed by atoms with E-state index >= 15 is 0 Å². The van der Waals surface area contributed by atoms with Crippen LogP contribution in [0.3, 0.4) is 0 Å². The van der Waals surface area contributed by atoms with Crippen LogP contribution in [0.25, 0.3) is 0 Å². The largest absolute Gasteiger partial charge is 0.357 e. The minimum atomic E-state index is 0. The first-order valence-corrected chi connectivity index (χ1v) is 8.58. The smallest absolute Gasteiger partial charge is 0.194 e. The first-order chi connectivity index (χ1) is 10.8. The van der Waals surface area contributed by atoms with Gasteiger partial charge in [-0.15, -0.1) is 24.0 Å². The molecule has 1 N–H and O–H groups in total. The number of nitrogens with one attached hydrogen (secondary N) is 1. The van der Waals surface area contributed by atoms with Gasteiger partial charge in [-0.05, 0) is 50.9 Å². The zero-order valence-corrected chi connectivity index (χ0v) is 16.6. The van der Waals surface area contributed by atoms with Crippen molar-refractivity contribution < 1.29 is 0 Å². The first kappa shape index (κ1) is 18.5. The molecule has 1 unspecified atom stereocenters. The summed E-state index contributed by atoms with van der Waals surface area (Å²) in [5.41, 5.74) is 2.93. The molecular formula is C18H29IN4. The summed E-state index contributed by atoms with van der Waals surface area (Å²) >= 11 is 0. The fourth-order valence-electron chi connectivity index (χ4n) is 3.50. The van der Waals surface area contributed by atoms with Crippen molar-refractivity contribution in [3.8, 4) is 0 Å². The maximum absolute atomic E-state index is 4.93. The maximum Gasteiger partial charge on any atom is 0.194 e. The van der Waals surface area contributed by atoms with E-state index in [2.05, 4.69) is 53.4 Å². The van der Waals surface area contributed by atoms with Crippen molar-refractivity contribution >= 4 is 29.9 Å². The van der Waals surface area contributed by atoms with Gasteiger partial charge < -0.3 is 15.1 Å². The molecule has 2 aliphatic rings. The fraction of sp³-hybridized carbons (Fsp3) is 0.611. The van der Waals surface area contributed by atoms with Gasteiger partial charge in [-0.1, -0.05) is 24.3 Å². The Kier molecular flexibility index (Phi) is 7.14. The van der Waals surface area contributed by atoms with Crippen LogP contribution in [0.5, 0.6) is 0 Å². The minimum absolute atomic E-state index is 0. The summed E-state index contributed by atoms with van der Waals surface area (Å²) in [7, 11) is 2.22. The van der Waals surface area contributed by atoms with E-state index in [-0.39, 0.29) is 24.0 Å². The van der Waals surface area contributed by atoms with Crippen molar-refractivity contribution in [1.29, 1.82) is 0 Å². The molecule has 5 heteroatoms. The number of halogens is 1. The number of guanidine groups is 1. The summed E-state index contributed by atoms with van der Waals surface area (Å²) < 4.78 is 0. The monoisotopic (exact) mass is 428 g/mol. The van der Waals surface area contributed by atoms with Crippen LogP contribution in [0.1, 0.15) is 30.9 Å². The van der Waals surface area contributed by atoms with Gasteiger partial charge in [0, 0.05) is 25.7 Å². The van der Waals surface area contributed by atoms with Crippen LogP contribution in [0.2, 0.25) is 0 Å². The molecule has 1 atom stereocenters. The minimum Gasteiger partial charge on any atom is -0.357 e. The zero-order valence-electron chi connectivity index (χ0n) is 14.3. The van der Waals surface area contributed by atoms with Crippen LogP contribution < -0.4 is 5.32 Å². The molecule has 23 heavy (non-hydrogen) atoms. The Labute approximate surface area is 157 Å². The molecule has 0 aromatic heterocycles. The molecule has 2 aliphatic heterocycles. The number of aliphatic imine (C=N–C) groups is 1. The number of likely N-dealkylation sites (N-methyl/N-ethyl adjacent to an activating group) is 1. The third kappa shape index (κ3) is 4.59. The topological polar surface area (TPSA) is 30.9 Å². The molecule has 3 rings (SSSR count). The standard InChI is InChI=1S/C18H28N4.HI/c1-3-19-18(20-13-17-9-6-11-21(17)2)22-12-10-15-7-4-5-8-16(15)14-22;/h4-5,7-8,17H,3,6,9-14H2,1-2H3,(H,19,20);1H. The van der Waals surface area contributed by atoms with E-state index in [0.717, 1.165) is 38.6 Å². The second-order valence-electron chi connectivity index (χ2n) is 6.41. The van der Waals surface area contributed by atoms with Crippen LogP contribution >= 0.6 is 24.0 Å². The average molecular weight is 428 g/mol. The third-order valence-corrected chi connectivity index (χ3v) is 4.89. The van der Waals surface area contributed by atoms with Crippen molar-refractivity contribution in [2.45, 2.75) is 38.8 Å². The van der Waals surface area contributed by atoms with Gasteiger partial charge in [-0.25, -0.2) is 0 Å². The van der Waals surface area contributed by atoms with E-state index in [0.29, 0.717) is 6.04 Å². The van der Waals surface area contributed by atoms with E-state index in [9.17, 15) is 0 Å². The number of hydrogen-bond donors (Lipinski definition) is 1. The number of benzene rings is 1. The lowest BCUT2D eigenvalue weighted by Gasteiger charge is -2.32. The molecule has 1 aromatic carbocycles. The second-order valence-corrected chi connectivity index (χ2v) is 6.41. The highest BCUT2D eigenvalue weighted by atomic mass is 127. The molecule has 4 nitrogen and oxygen atoms in total. The van der Waals surface area contributed by atoms with Crippen molar-refractivity contribution in [2.24, 2.45) is 4.99 Å². The van der Waals surface area contributed by atoms with Crippen LogP contribution in [0, 0.1) is 0 Å². The van der Waals surface area contributed by atoms with Crippen LogP contribution in [0.4, 0.5) is 0 Å². The summed E-state index contributed by atoms with van der Waals surface area (Å²) in [5.74, 6) is 1.08. The lowest BCUT2D eigenvalue weighted by molar-refractivity contribution is 0.314. The summed E-state index contributed by atoms with van der Waals surface area (Å²) in [5, 5.41) is 3.48. The highest BCUT2D eigenvalue weighted by Gasteiger charge is 2.22. The number of nitrogens with zero attached hydrogens (tertiary/aromatic N) is 3. The van der Waals surface area contributed by atoms with Crippen molar-refractivity contribution in [2.75, 3.05) is 33.2 Å².